The third kappa shape index (κ3) is 5.27. The van der Waals surface area contributed by atoms with Crippen LogP contribution >= 0.6 is 15.9 Å². The van der Waals surface area contributed by atoms with Crippen LogP contribution in [0.3, 0.4) is 0 Å². The largest absolute Gasteiger partial charge is 0.480 e. The summed E-state index contributed by atoms with van der Waals surface area (Å²) < 4.78 is 14.4. The van der Waals surface area contributed by atoms with E-state index in [0.717, 1.165) is 19.3 Å². The molecule has 1 aliphatic rings. The smallest absolute Gasteiger partial charge is 0.326 e. The first-order valence-electron chi connectivity index (χ1n) is 7.97. The number of carboxylic acid groups (broad SMARTS) is 1. The maximum atomic E-state index is 13.9. The minimum Gasteiger partial charge on any atom is -0.480 e. The summed E-state index contributed by atoms with van der Waals surface area (Å²) in [5, 5.41) is 22.1. The molecule has 2 rings (SSSR count). The predicted octanol–water partition coefficient (Wildman–Crippen LogP) is 2.79. The van der Waals surface area contributed by atoms with Crippen molar-refractivity contribution in [2.24, 2.45) is 0 Å². The van der Waals surface area contributed by atoms with E-state index < -0.39 is 29.3 Å². The highest BCUT2D eigenvalue weighted by molar-refractivity contribution is 9.10. The molecule has 1 fully saturated rings. The van der Waals surface area contributed by atoms with Gasteiger partial charge in [-0.2, -0.15) is 0 Å². The lowest BCUT2D eigenvalue weighted by molar-refractivity contribution is -0.143. The molecule has 0 saturated heterocycles. The fraction of sp³-hybridized carbons (Fsp3) is 0.529. The van der Waals surface area contributed by atoms with Gasteiger partial charge in [0.15, 0.2) is 0 Å². The Hall–Kier alpha value is -1.47. The Labute approximate surface area is 148 Å². The van der Waals surface area contributed by atoms with Crippen molar-refractivity contribution in [3.05, 3.63) is 34.1 Å². The molecule has 5 nitrogen and oxygen atoms in total. The summed E-state index contributed by atoms with van der Waals surface area (Å²) in [5.74, 6) is -2.29. The van der Waals surface area contributed by atoms with E-state index in [9.17, 15) is 24.2 Å². The molecule has 7 heteroatoms. The fourth-order valence-electron chi connectivity index (χ4n) is 3.04. The van der Waals surface area contributed by atoms with Crippen molar-refractivity contribution in [3.8, 4) is 0 Å². The highest BCUT2D eigenvalue weighted by atomic mass is 79.9. The van der Waals surface area contributed by atoms with E-state index in [2.05, 4.69) is 21.2 Å². The van der Waals surface area contributed by atoms with Crippen molar-refractivity contribution in [3.63, 3.8) is 0 Å². The zero-order valence-electron chi connectivity index (χ0n) is 13.2. The van der Waals surface area contributed by atoms with E-state index in [1.807, 2.05) is 0 Å². The standard InChI is InChI=1S/C17H21BrFNO4/c18-12-5-4-11(13(19)9-12)8-14(16(22)23)20-15(21)10-17(24)6-2-1-3-7-17/h4-5,9,14,24H,1-3,6-8,10H2,(H,20,21)(H,22,23)/t14-/m0/s1. The predicted molar refractivity (Wildman–Crippen MR) is 90.0 cm³/mol. The minimum atomic E-state index is -1.24. The Kier molecular flexibility index (Phi) is 6.34. The van der Waals surface area contributed by atoms with Gasteiger partial charge in [0.05, 0.1) is 12.0 Å². The van der Waals surface area contributed by atoms with Crippen LogP contribution in [0.15, 0.2) is 22.7 Å². The first-order valence-corrected chi connectivity index (χ1v) is 8.77. The van der Waals surface area contributed by atoms with Gasteiger partial charge in [-0.3, -0.25) is 4.79 Å². The van der Waals surface area contributed by atoms with E-state index in [4.69, 9.17) is 0 Å². The van der Waals surface area contributed by atoms with Crippen LogP contribution in [0.4, 0.5) is 4.39 Å². The number of hydrogen-bond acceptors (Lipinski definition) is 3. The minimum absolute atomic E-state index is 0.125. The molecule has 0 bridgehead atoms. The van der Waals surface area contributed by atoms with Crippen LogP contribution < -0.4 is 5.32 Å². The molecule has 0 heterocycles. The summed E-state index contributed by atoms with van der Waals surface area (Å²) in [4.78, 5) is 23.5. The maximum absolute atomic E-state index is 13.9. The molecule has 0 radical (unpaired) electrons. The van der Waals surface area contributed by atoms with Crippen molar-refractivity contribution in [1.29, 1.82) is 0 Å². The molecular formula is C17H21BrFNO4. The van der Waals surface area contributed by atoms with Crippen LogP contribution in [-0.2, 0) is 16.0 Å². The molecule has 0 unspecified atom stereocenters. The van der Waals surface area contributed by atoms with E-state index in [-0.39, 0.29) is 18.4 Å². The first kappa shape index (κ1) is 18.9. The molecule has 0 spiro atoms. The monoisotopic (exact) mass is 401 g/mol. The van der Waals surface area contributed by atoms with E-state index >= 15 is 0 Å². The summed E-state index contributed by atoms with van der Waals surface area (Å²) in [5.41, 5.74) is -0.851. The number of aliphatic carboxylic acids is 1. The van der Waals surface area contributed by atoms with Crippen molar-refractivity contribution in [1.82, 2.24) is 5.32 Å². The number of carbonyl (C=O) groups is 2. The topological polar surface area (TPSA) is 86.6 Å². The molecule has 1 aromatic rings. The van der Waals surface area contributed by atoms with Gasteiger partial charge >= 0.3 is 5.97 Å². The lowest BCUT2D eigenvalue weighted by Crippen LogP contribution is -2.46. The lowest BCUT2D eigenvalue weighted by atomic mass is 9.82. The molecule has 0 aliphatic heterocycles. The molecule has 1 aliphatic carbocycles. The van der Waals surface area contributed by atoms with Gasteiger partial charge in [0, 0.05) is 10.9 Å². The van der Waals surface area contributed by atoms with Crippen LogP contribution in [0.1, 0.15) is 44.1 Å². The number of halogens is 2. The summed E-state index contributed by atoms with van der Waals surface area (Å²) >= 11 is 3.14. The van der Waals surface area contributed by atoms with Gasteiger partial charge < -0.3 is 15.5 Å². The number of hydrogen-bond donors (Lipinski definition) is 3. The third-order valence-electron chi connectivity index (χ3n) is 4.35. The molecule has 1 aromatic carbocycles. The van der Waals surface area contributed by atoms with Crippen molar-refractivity contribution >= 4 is 27.8 Å². The Bertz CT molecular complexity index is 617. The lowest BCUT2D eigenvalue weighted by Gasteiger charge is -2.31. The van der Waals surface area contributed by atoms with Gasteiger partial charge in [0.25, 0.3) is 0 Å². The number of carbonyl (C=O) groups excluding carboxylic acids is 1. The van der Waals surface area contributed by atoms with Gasteiger partial charge in [-0.15, -0.1) is 0 Å². The Morgan fingerprint density at radius 2 is 1.96 bits per heavy atom. The zero-order valence-corrected chi connectivity index (χ0v) is 14.8. The van der Waals surface area contributed by atoms with Gasteiger partial charge in [-0.1, -0.05) is 41.3 Å². The van der Waals surface area contributed by atoms with Crippen LogP contribution in [0.5, 0.6) is 0 Å². The second-order valence-corrected chi connectivity index (χ2v) is 7.28. The number of rotatable bonds is 6. The fourth-order valence-corrected chi connectivity index (χ4v) is 3.37. The van der Waals surface area contributed by atoms with E-state index in [1.54, 1.807) is 6.07 Å². The second-order valence-electron chi connectivity index (χ2n) is 6.36. The van der Waals surface area contributed by atoms with Crippen molar-refractivity contribution < 1.29 is 24.2 Å². The quantitative estimate of drug-likeness (QED) is 0.683. The van der Waals surface area contributed by atoms with Crippen molar-refractivity contribution in [2.75, 3.05) is 0 Å². The number of amides is 1. The maximum Gasteiger partial charge on any atom is 0.326 e. The van der Waals surface area contributed by atoms with Gasteiger partial charge in [0.1, 0.15) is 11.9 Å². The average molecular weight is 402 g/mol. The Balaban J connectivity index is 2.00. The normalized spacial score (nSPS) is 18.0. The molecule has 24 heavy (non-hydrogen) atoms. The summed E-state index contributed by atoms with van der Waals surface area (Å²) in [7, 11) is 0. The van der Waals surface area contributed by atoms with Gasteiger partial charge in [-0.25, -0.2) is 9.18 Å². The first-order chi connectivity index (χ1) is 11.3. The summed E-state index contributed by atoms with van der Waals surface area (Å²) in [6.07, 6.45) is 3.55. The molecule has 3 N–H and O–H groups in total. The Morgan fingerprint density at radius 1 is 1.29 bits per heavy atom. The second kappa shape index (κ2) is 8.07. The number of nitrogens with one attached hydrogen (secondary N) is 1. The number of carboxylic acids is 1. The third-order valence-corrected chi connectivity index (χ3v) is 4.84. The highest BCUT2D eigenvalue weighted by Crippen LogP contribution is 2.30. The summed E-state index contributed by atoms with van der Waals surface area (Å²) in [6, 6.07) is 3.11. The number of benzene rings is 1. The van der Waals surface area contributed by atoms with E-state index in [1.165, 1.54) is 12.1 Å². The molecule has 1 amide bonds. The van der Waals surface area contributed by atoms with E-state index in [0.29, 0.717) is 17.3 Å². The zero-order chi connectivity index (χ0) is 17.7. The van der Waals surface area contributed by atoms with Crippen molar-refractivity contribution in [2.45, 2.75) is 56.6 Å². The molecular weight excluding hydrogens is 381 g/mol. The molecule has 1 atom stereocenters. The summed E-state index contributed by atoms with van der Waals surface area (Å²) in [6.45, 7) is 0. The molecule has 132 valence electrons. The average Bonchev–Trinajstić information content (AvgIpc) is 2.49. The number of aliphatic hydroxyl groups is 1. The van der Waals surface area contributed by atoms with Crippen LogP contribution in [-0.4, -0.2) is 33.7 Å². The molecule has 0 aromatic heterocycles. The van der Waals surface area contributed by atoms with Crippen LogP contribution in [0.2, 0.25) is 0 Å². The van der Waals surface area contributed by atoms with Crippen LogP contribution in [0, 0.1) is 5.82 Å². The Morgan fingerprint density at radius 3 is 2.54 bits per heavy atom. The highest BCUT2D eigenvalue weighted by Gasteiger charge is 2.33. The van der Waals surface area contributed by atoms with Crippen LogP contribution in [0.25, 0.3) is 0 Å². The van der Waals surface area contributed by atoms with Gasteiger partial charge in [-0.05, 0) is 30.5 Å². The SMILES string of the molecule is O=C(CC1(O)CCCCC1)N[C@@H](Cc1ccc(Br)cc1F)C(=O)O. The molecule has 1 saturated carbocycles. The van der Waals surface area contributed by atoms with Gasteiger partial charge in [0.2, 0.25) is 5.91 Å².